The van der Waals surface area contributed by atoms with E-state index in [1.54, 1.807) is 83.3 Å². The molecule has 0 radical (unpaired) electrons. The molecule has 0 spiro atoms. The molecule has 0 amide bonds. The normalized spacial score (nSPS) is 14.5. The third kappa shape index (κ3) is 7.25. The molecule has 1 aliphatic heterocycles. The maximum atomic E-state index is 14.1. The minimum atomic E-state index is -0.813. The predicted molar refractivity (Wildman–Crippen MR) is 178 cm³/mol. The molecule has 10 nitrogen and oxygen atoms in total. The second-order valence-electron chi connectivity index (χ2n) is 11.2. The lowest BCUT2D eigenvalue weighted by atomic mass is 9.95. The first kappa shape index (κ1) is 33.5. The zero-order valence-corrected chi connectivity index (χ0v) is 28.1. The van der Waals surface area contributed by atoms with Crippen LogP contribution in [0.2, 0.25) is 0 Å². The van der Waals surface area contributed by atoms with Crippen LogP contribution in [-0.4, -0.2) is 42.9 Å². The van der Waals surface area contributed by atoms with Gasteiger partial charge in [0.25, 0.3) is 5.56 Å². The van der Waals surface area contributed by atoms with Crippen LogP contribution < -0.4 is 24.4 Å². The quantitative estimate of drug-likeness (QED) is 0.138. The third-order valence-corrected chi connectivity index (χ3v) is 8.38. The van der Waals surface area contributed by atoms with E-state index in [4.69, 9.17) is 23.4 Å². The molecule has 0 unspecified atom stereocenters. The summed E-state index contributed by atoms with van der Waals surface area (Å²) in [6, 6.07) is 15.1. The van der Waals surface area contributed by atoms with Gasteiger partial charge in [0.15, 0.2) is 16.3 Å². The molecule has 0 saturated carbocycles. The second-order valence-corrected chi connectivity index (χ2v) is 12.2. The molecule has 0 bridgehead atoms. The fourth-order valence-corrected chi connectivity index (χ4v) is 6.23. The number of unbranched alkanes of at least 4 members (excludes halogenated alkanes) is 1. The van der Waals surface area contributed by atoms with E-state index < -0.39 is 18.0 Å². The summed E-state index contributed by atoms with van der Waals surface area (Å²) in [5, 5.41) is 0. The molecule has 4 aromatic rings. The number of rotatable bonds is 12. The molecular weight excluding hydrogens is 620 g/mol. The number of aromatic nitrogens is 1. The van der Waals surface area contributed by atoms with Crippen molar-refractivity contribution < 1.29 is 33.0 Å². The molecule has 2 aromatic heterocycles. The van der Waals surface area contributed by atoms with Crippen LogP contribution in [0, 0.1) is 0 Å². The molecule has 246 valence electrons. The van der Waals surface area contributed by atoms with Crippen molar-refractivity contribution in [2.45, 2.75) is 59.6 Å². The summed E-state index contributed by atoms with van der Waals surface area (Å²) >= 11 is 1.19. The van der Waals surface area contributed by atoms with Crippen molar-refractivity contribution in [2.75, 3.05) is 20.3 Å². The van der Waals surface area contributed by atoms with Crippen molar-refractivity contribution in [3.63, 3.8) is 0 Å². The van der Waals surface area contributed by atoms with Crippen LogP contribution in [0.5, 0.6) is 11.5 Å². The maximum absolute atomic E-state index is 14.1. The molecule has 0 fully saturated rings. The Morgan fingerprint density at radius 2 is 1.87 bits per heavy atom. The summed E-state index contributed by atoms with van der Waals surface area (Å²) in [6.07, 6.45) is 3.30. The topological polar surface area (TPSA) is 119 Å². The number of nitrogens with zero attached hydrogens (tertiary/aromatic N) is 2. The van der Waals surface area contributed by atoms with Gasteiger partial charge < -0.3 is 23.4 Å². The van der Waals surface area contributed by atoms with Crippen molar-refractivity contribution in [2.24, 2.45) is 4.99 Å². The Kier molecular flexibility index (Phi) is 10.5. The highest BCUT2D eigenvalue weighted by atomic mass is 32.1. The fourth-order valence-electron chi connectivity index (χ4n) is 5.20. The molecule has 0 N–H and O–H groups in total. The molecule has 5 rings (SSSR count). The maximum Gasteiger partial charge on any atom is 0.338 e. The summed E-state index contributed by atoms with van der Waals surface area (Å²) in [7, 11) is 1.55. The van der Waals surface area contributed by atoms with Crippen LogP contribution in [0.15, 0.2) is 80.1 Å². The van der Waals surface area contributed by atoms with Gasteiger partial charge >= 0.3 is 11.9 Å². The average molecular weight is 659 g/mol. The first-order valence-electron chi connectivity index (χ1n) is 15.6. The Bertz CT molecular complexity index is 2000. The minimum Gasteiger partial charge on any atom is -0.493 e. The summed E-state index contributed by atoms with van der Waals surface area (Å²) < 4.78 is 30.3. The van der Waals surface area contributed by atoms with E-state index in [1.807, 2.05) is 12.1 Å². The number of ether oxygens (including phenoxy) is 4. The number of fused-ring (bicyclic) bond motifs is 1. The Balaban J connectivity index is 1.56. The lowest BCUT2D eigenvalue weighted by Crippen LogP contribution is -2.39. The summed E-state index contributed by atoms with van der Waals surface area (Å²) in [6.45, 7) is 9.85. The zero-order valence-electron chi connectivity index (χ0n) is 27.3. The number of hydrogen-bond acceptors (Lipinski definition) is 10. The van der Waals surface area contributed by atoms with Gasteiger partial charge in [-0.2, -0.15) is 0 Å². The predicted octanol–water partition coefficient (Wildman–Crippen LogP) is 5.81. The number of hydrogen-bond donors (Lipinski definition) is 0. The molecule has 47 heavy (non-hydrogen) atoms. The summed E-state index contributed by atoms with van der Waals surface area (Å²) in [5.41, 5.74) is 2.13. The second kappa shape index (κ2) is 14.7. The van der Waals surface area contributed by atoms with Crippen molar-refractivity contribution >= 4 is 29.4 Å². The molecule has 11 heteroatoms. The van der Waals surface area contributed by atoms with E-state index in [9.17, 15) is 14.4 Å². The number of esters is 2. The van der Waals surface area contributed by atoms with E-state index in [2.05, 4.69) is 11.9 Å². The van der Waals surface area contributed by atoms with Crippen LogP contribution in [0.4, 0.5) is 0 Å². The Hall–Kier alpha value is -4.90. The van der Waals surface area contributed by atoms with Gasteiger partial charge in [0.1, 0.15) is 11.5 Å². The van der Waals surface area contributed by atoms with Gasteiger partial charge in [-0.3, -0.25) is 9.36 Å². The average Bonchev–Trinajstić information content (AvgIpc) is 3.64. The molecule has 2 aromatic carbocycles. The van der Waals surface area contributed by atoms with Crippen molar-refractivity contribution in [1.82, 2.24) is 4.57 Å². The van der Waals surface area contributed by atoms with Crippen molar-refractivity contribution in [1.29, 1.82) is 0 Å². The number of furan rings is 1. The summed E-state index contributed by atoms with van der Waals surface area (Å²) in [4.78, 5) is 44.9. The number of carbonyl (C=O) groups excluding carboxylic acids is 2. The SMILES string of the molecule is CCCCOc1ccc([C@H]2C(C(=O)OCC)=C(C)N=c3s/c(=C/c4ccc(-c5cccc(C(=O)OC(C)C)c5)o4)c(=O)n32)cc1OC. The lowest BCUT2D eigenvalue weighted by Gasteiger charge is -2.25. The number of methoxy groups -OCH3 is 1. The Morgan fingerprint density at radius 3 is 2.60 bits per heavy atom. The van der Waals surface area contributed by atoms with Gasteiger partial charge in [0.05, 0.1) is 53.8 Å². The van der Waals surface area contributed by atoms with E-state index in [-0.39, 0.29) is 23.8 Å². The lowest BCUT2D eigenvalue weighted by molar-refractivity contribution is -0.139. The van der Waals surface area contributed by atoms with Gasteiger partial charge in [0.2, 0.25) is 0 Å². The third-order valence-electron chi connectivity index (χ3n) is 7.40. The molecule has 3 heterocycles. The first-order chi connectivity index (χ1) is 22.6. The fraction of sp³-hybridized carbons (Fsp3) is 0.333. The zero-order chi connectivity index (χ0) is 33.7. The number of benzene rings is 2. The molecule has 0 saturated heterocycles. The van der Waals surface area contributed by atoms with Gasteiger partial charge in [-0.1, -0.05) is 42.9 Å². The largest absolute Gasteiger partial charge is 0.493 e. The van der Waals surface area contributed by atoms with E-state index in [1.165, 1.54) is 15.9 Å². The number of thiazole rings is 1. The van der Waals surface area contributed by atoms with E-state index in [0.717, 1.165) is 12.8 Å². The Morgan fingerprint density at radius 1 is 1.06 bits per heavy atom. The van der Waals surface area contributed by atoms with Gasteiger partial charge in [0, 0.05) is 11.6 Å². The van der Waals surface area contributed by atoms with Crippen molar-refractivity contribution in [3.8, 4) is 22.8 Å². The summed E-state index contributed by atoms with van der Waals surface area (Å²) in [5.74, 6) is 1.06. The van der Waals surface area contributed by atoms with Gasteiger partial charge in [-0.05, 0) is 76.1 Å². The Labute approximate surface area is 276 Å². The van der Waals surface area contributed by atoms with E-state index >= 15 is 0 Å². The van der Waals surface area contributed by atoms with Gasteiger partial charge in [-0.25, -0.2) is 14.6 Å². The minimum absolute atomic E-state index is 0.170. The van der Waals surface area contributed by atoms with Crippen LogP contribution in [0.25, 0.3) is 17.4 Å². The molecule has 1 atom stereocenters. The monoisotopic (exact) mass is 658 g/mol. The smallest absolute Gasteiger partial charge is 0.338 e. The van der Waals surface area contributed by atoms with E-state index in [0.29, 0.717) is 61.3 Å². The molecule has 0 aliphatic carbocycles. The number of carbonyl (C=O) groups is 2. The standard InChI is InChI=1S/C36H38N2O8S/c1-7-9-17-44-28-15-13-24(19-29(28)42-6)32-31(35(41)43-8-2)22(5)37-36-38(32)33(39)30(47-36)20-26-14-16-27(46-26)23-11-10-12-25(18-23)34(40)45-21(3)4/h10-16,18-21,32H,7-9,17H2,1-6H3/b30-20+/t32-/m0/s1. The highest BCUT2D eigenvalue weighted by Gasteiger charge is 2.34. The van der Waals surface area contributed by atoms with Crippen LogP contribution in [0.3, 0.4) is 0 Å². The number of allylic oxidation sites excluding steroid dienone is 1. The first-order valence-corrected chi connectivity index (χ1v) is 16.4. The molecular formula is C36H38N2O8S. The van der Waals surface area contributed by atoms with Crippen molar-refractivity contribution in [3.05, 3.63) is 102 Å². The van der Waals surface area contributed by atoms with Crippen LogP contribution in [0.1, 0.15) is 75.2 Å². The molecule has 1 aliphatic rings. The van der Waals surface area contributed by atoms with Crippen LogP contribution >= 0.6 is 11.3 Å². The highest BCUT2D eigenvalue weighted by molar-refractivity contribution is 7.07. The van der Waals surface area contributed by atoms with Gasteiger partial charge in [-0.15, -0.1) is 0 Å². The highest BCUT2D eigenvalue weighted by Crippen LogP contribution is 2.36. The van der Waals surface area contributed by atoms with Crippen LogP contribution in [-0.2, 0) is 14.3 Å².